The zero-order valence-electron chi connectivity index (χ0n) is 17.2. The number of benzene rings is 2. The van der Waals surface area contributed by atoms with Crippen LogP contribution in [-0.4, -0.2) is 55.2 Å². The largest absolute Gasteiger partial charge is 0.379 e. The van der Waals surface area contributed by atoms with Crippen LogP contribution in [-0.2, 0) is 9.53 Å². The van der Waals surface area contributed by atoms with Gasteiger partial charge in [0.25, 0.3) is 5.91 Å². The highest BCUT2D eigenvalue weighted by Gasteiger charge is 2.21. The lowest BCUT2D eigenvalue weighted by molar-refractivity contribution is -0.114. The second-order valence-corrected chi connectivity index (χ2v) is 9.22. The second-order valence-electron chi connectivity index (χ2n) is 7.36. The monoisotopic (exact) mass is 475 g/mol. The minimum atomic E-state index is -0.129. The van der Waals surface area contributed by atoms with E-state index < -0.39 is 0 Å². The Hall–Kier alpha value is -1.96. The summed E-state index contributed by atoms with van der Waals surface area (Å²) in [5, 5.41) is 1.95. The van der Waals surface area contributed by atoms with Crippen LogP contribution in [0.1, 0.15) is 11.1 Å². The lowest BCUT2D eigenvalue weighted by atomic mass is 10.2. The Morgan fingerprint density at radius 3 is 2.81 bits per heavy atom. The first-order valence-electron chi connectivity index (χ1n) is 10.1. The molecule has 0 atom stereocenters. The summed E-state index contributed by atoms with van der Waals surface area (Å²) in [4.78, 5) is 22.0. The number of halogens is 2. The maximum Gasteiger partial charge on any atom is 0.252 e. The van der Waals surface area contributed by atoms with E-state index in [1.807, 2.05) is 43.3 Å². The molecular weight excluding hydrogens is 453 g/mol. The van der Waals surface area contributed by atoms with Crippen LogP contribution in [0.2, 0.25) is 10.0 Å². The predicted molar refractivity (Wildman–Crippen MR) is 129 cm³/mol. The van der Waals surface area contributed by atoms with Crippen molar-refractivity contribution in [2.45, 2.75) is 6.92 Å². The van der Waals surface area contributed by atoms with E-state index in [-0.39, 0.29) is 5.91 Å². The number of ether oxygens (including phenoxy) is 1. The third-order valence-electron chi connectivity index (χ3n) is 5.19. The molecule has 0 aliphatic carbocycles. The van der Waals surface area contributed by atoms with Gasteiger partial charge in [-0.05, 0) is 42.3 Å². The molecule has 2 heterocycles. The van der Waals surface area contributed by atoms with Crippen molar-refractivity contribution >= 4 is 61.9 Å². The summed E-state index contributed by atoms with van der Waals surface area (Å²) < 4.78 is 6.40. The van der Waals surface area contributed by atoms with Crippen molar-refractivity contribution in [3.05, 3.63) is 63.6 Å². The summed E-state index contributed by atoms with van der Waals surface area (Å²) in [5.74, 6) is -0.129. The first kappa shape index (κ1) is 22.2. The first-order valence-corrected chi connectivity index (χ1v) is 11.7. The van der Waals surface area contributed by atoms with Crippen molar-refractivity contribution in [3.8, 4) is 0 Å². The van der Waals surface area contributed by atoms with Crippen LogP contribution in [0.15, 0.2) is 42.5 Å². The van der Waals surface area contributed by atoms with Gasteiger partial charge in [-0.15, -0.1) is 0 Å². The van der Waals surface area contributed by atoms with Gasteiger partial charge in [-0.1, -0.05) is 52.7 Å². The average molecular weight is 476 g/mol. The van der Waals surface area contributed by atoms with Crippen LogP contribution >= 0.6 is 34.5 Å². The third-order valence-corrected chi connectivity index (χ3v) is 6.78. The fraction of sp³-hybridized carbons (Fsp3) is 0.304. The van der Waals surface area contributed by atoms with Crippen molar-refractivity contribution in [1.82, 2.24) is 9.88 Å². The number of morpholine rings is 1. The Labute approximate surface area is 195 Å². The van der Waals surface area contributed by atoms with Gasteiger partial charge in [0, 0.05) is 42.3 Å². The number of thiazole rings is 1. The van der Waals surface area contributed by atoms with Gasteiger partial charge in [0.15, 0.2) is 5.13 Å². The van der Waals surface area contributed by atoms with Crippen molar-refractivity contribution in [3.63, 3.8) is 0 Å². The van der Waals surface area contributed by atoms with Crippen molar-refractivity contribution < 1.29 is 9.53 Å². The summed E-state index contributed by atoms with van der Waals surface area (Å²) >= 11 is 13.9. The maximum absolute atomic E-state index is 13.2. The second kappa shape index (κ2) is 10.1. The van der Waals surface area contributed by atoms with Gasteiger partial charge >= 0.3 is 0 Å². The van der Waals surface area contributed by atoms with Crippen LogP contribution in [0, 0.1) is 6.92 Å². The highest BCUT2D eigenvalue weighted by atomic mass is 35.5. The summed E-state index contributed by atoms with van der Waals surface area (Å²) in [6.45, 7) is 6.45. The fourth-order valence-corrected chi connectivity index (χ4v) is 5.14. The number of anilines is 1. The number of fused-ring (bicyclic) bond motifs is 1. The lowest BCUT2D eigenvalue weighted by Crippen LogP contribution is -2.42. The summed E-state index contributed by atoms with van der Waals surface area (Å²) in [7, 11) is 0. The molecule has 1 saturated heterocycles. The summed E-state index contributed by atoms with van der Waals surface area (Å²) in [6.07, 6.45) is 3.31. The molecule has 0 saturated carbocycles. The van der Waals surface area contributed by atoms with Crippen LogP contribution in [0.5, 0.6) is 0 Å². The number of rotatable bonds is 6. The number of aromatic nitrogens is 1. The molecule has 1 aliphatic heterocycles. The number of hydrogen-bond acceptors (Lipinski definition) is 5. The minimum Gasteiger partial charge on any atom is -0.379 e. The lowest BCUT2D eigenvalue weighted by Gasteiger charge is -2.28. The highest BCUT2D eigenvalue weighted by molar-refractivity contribution is 7.22. The molecule has 1 aromatic heterocycles. The molecule has 0 spiro atoms. The molecule has 1 amide bonds. The molecule has 162 valence electrons. The highest BCUT2D eigenvalue weighted by Crippen LogP contribution is 2.33. The zero-order chi connectivity index (χ0) is 21.8. The molecule has 5 nitrogen and oxygen atoms in total. The molecule has 1 fully saturated rings. The standard InChI is InChI=1S/C23H23Cl2N3O2S/c1-16-14-18(24)15-20-22(16)26-23(31-20)28(9-8-27-10-12-30-13-11-27)21(29)7-6-17-4-2-3-5-19(17)25/h2-7,14-15H,8-13H2,1H3/b7-6+. The van der Waals surface area contributed by atoms with E-state index in [9.17, 15) is 4.79 Å². The van der Waals surface area contributed by atoms with Gasteiger partial charge in [0.1, 0.15) is 0 Å². The van der Waals surface area contributed by atoms with Crippen molar-refractivity contribution in [2.24, 2.45) is 0 Å². The topological polar surface area (TPSA) is 45.7 Å². The Kier molecular flexibility index (Phi) is 7.25. The average Bonchev–Trinajstić information content (AvgIpc) is 3.18. The molecule has 2 aromatic carbocycles. The number of amides is 1. The van der Waals surface area contributed by atoms with Crippen molar-refractivity contribution in [1.29, 1.82) is 0 Å². The molecule has 8 heteroatoms. The van der Waals surface area contributed by atoms with Gasteiger partial charge in [-0.2, -0.15) is 0 Å². The molecule has 3 aromatic rings. The van der Waals surface area contributed by atoms with E-state index in [0.29, 0.717) is 21.7 Å². The van der Waals surface area contributed by atoms with Gasteiger partial charge in [-0.3, -0.25) is 14.6 Å². The Morgan fingerprint density at radius 2 is 2.03 bits per heavy atom. The summed E-state index contributed by atoms with van der Waals surface area (Å²) in [6, 6.07) is 11.2. The van der Waals surface area contributed by atoms with E-state index in [1.165, 1.54) is 11.3 Å². The normalized spacial score (nSPS) is 15.1. The van der Waals surface area contributed by atoms with E-state index in [1.54, 1.807) is 17.1 Å². The molecule has 0 radical (unpaired) electrons. The molecule has 0 unspecified atom stereocenters. The van der Waals surface area contributed by atoms with Gasteiger partial charge in [0.2, 0.25) is 0 Å². The van der Waals surface area contributed by atoms with Gasteiger partial charge < -0.3 is 4.74 Å². The molecule has 1 aliphatic rings. The van der Waals surface area contributed by atoms with Crippen LogP contribution in [0.25, 0.3) is 16.3 Å². The molecule has 4 rings (SSSR count). The maximum atomic E-state index is 13.2. The van der Waals surface area contributed by atoms with E-state index in [2.05, 4.69) is 4.90 Å². The van der Waals surface area contributed by atoms with E-state index in [0.717, 1.165) is 54.2 Å². The van der Waals surface area contributed by atoms with Crippen LogP contribution in [0.4, 0.5) is 5.13 Å². The SMILES string of the molecule is Cc1cc(Cl)cc2sc(N(CCN3CCOCC3)C(=O)/C=C/c3ccccc3Cl)nc12. The fourth-order valence-electron chi connectivity index (χ4n) is 3.49. The predicted octanol–water partition coefficient (Wildman–Crippen LogP) is 5.29. The molecule has 0 N–H and O–H groups in total. The number of carbonyl (C=O) groups excluding carboxylic acids is 1. The van der Waals surface area contributed by atoms with Gasteiger partial charge in [-0.25, -0.2) is 4.98 Å². The minimum absolute atomic E-state index is 0.129. The smallest absolute Gasteiger partial charge is 0.252 e. The van der Waals surface area contributed by atoms with Crippen LogP contribution < -0.4 is 4.90 Å². The number of carbonyl (C=O) groups is 1. The molecule has 0 bridgehead atoms. The zero-order valence-corrected chi connectivity index (χ0v) is 19.5. The van der Waals surface area contributed by atoms with E-state index in [4.69, 9.17) is 32.9 Å². The Balaban J connectivity index is 1.61. The summed E-state index contributed by atoms with van der Waals surface area (Å²) in [5.41, 5.74) is 2.68. The van der Waals surface area contributed by atoms with Crippen molar-refractivity contribution in [2.75, 3.05) is 44.3 Å². The number of nitrogens with zero attached hydrogens (tertiary/aromatic N) is 3. The Bertz CT molecular complexity index is 1110. The number of hydrogen-bond donors (Lipinski definition) is 0. The van der Waals surface area contributed by atoms with Gasteiger partial charge in [0.05, 0.1) is 23.4 Å². The Morgan fingerprint density at radius 1 is 1.26 bits per heavy atom. The number of aryl methyl sites for hydroxylation is 1. The third kappa shape index (κ3) is 5.45. The molecule has 31 heavy (non-hydrogen) atoms. The van der Waals surface area contributed by atoms with E-state index >= 15 is 0 Å². The van der Waals surface area contributed by atoms with Crippen LogP contribution in [0.3, 0.4) is 0 Å². The molecular formula is C23H23Cl2N3O2S. The quantitative estimate of drug-likeness (QED) is 0.454. The first-order chi connectivity index (χ1) is 15.0.